The summed E-state index contributed by atoms with van der Waals surface area (Å²) in [5.41, 5.74) is 0.841. The Morgan fingerprint density at radius 2 is 2.13 bits per heavy atom. The maximum atomic E-state index is 12.2. The van der Waals surface area contributed by atoms with Crippen molar-refractivity contribution in [3.8, 4) is 0 Å². The fourth-order valence-corrected chi connectivity index (χ4v) is 3.09. The highest BCUT2D eigenvalue weighted by Gasteiger charge is 2.29. The van der Waals surface area contributed by atoms with E-state index in [1.54, 1.807) is 5.38 Å². The minimum absolute atomic E-state index is 0.0518. The zero-order valence-electron chi connectivity index (χ0n) is 14.3. The van der Waals surface area contributed by atoms with Gasteiger partial charge in [0, 0.05) is 11.8 Å². The number of hydrogen-bond acceptors (Lipinski definition) is 7. The van der Waals surface area contributed by atoms with Gasteiger partial charge in [0.2, 0.25) is 0 Å². The van der Waals surface area contributed by atoms with E-state index in [2.05, 4.69) is 14.1 Å². The van der Waals surface area contributed by atoms with Crippen LogP contribution in [0.1, 0.15) is 62.6 Å². The molecule has 8 heteroatoms. The summed E-state index contributed by atoms with van der Waals surface area (Å²) in [5, 5.41) is 12.3. The van der Waals surface area contributed by atoms with Crippen LogP contribution in [-0.4, -0.2) is 38.2 Å². The van der Waals surface area contributed by atoms with Crippen molar-refractivity contribution in [1.82, 2.24) is 4.98 Å². The van der Waals surface area contributed by atoms with E-state index >= 15 is 0 Å². The number of carbonyl (C=O) groups is 1. The second-order valence-electron chi connectivity index (χ2n) is 6.38. The first-order valence-electron chi connectivity index (χ1n) is 7.27. The highest BCUT2D eigenvalue weighted by atomic mass is 32.2. The van der Waals surface area contributed by atoms with Gasteiger partial charge in [-0.15, -0.1) is 11.3 Å². The summed E-state index contributed by atoms with van der Waals surface area (Å²) in [6, 6.07) is 0. The predicted molar refractivity (Wildman–Crippen MR) is 93.2 cm³/mol. The molecule has 0 aliphatic heterocycles. The standard InChI is InChI=1S/C15H24N2O4S2/c1-9(2)10(17-23(20)15(3,4)5)7-12(18)13-16-11(8-22-13)14(19)21-6/h8-9,12,18H,7H2,1-6H3/b17-10+/t12-,23+/m1/s1. The third-order valence-electron chi connectivity index (χ3n) is 2.99. The highest BCUT2D eigenvalue weighted by molar-refractivity contribution is 7.91. The van der Waals surface area contributed by atoms with Crippen molar-refractivity contribution in [2.45, 2.75) is 51.9 Å². The maximum Gasteiger partial charge on any atom is 0.357 e. The van der Waals surface area contributed by atoms with Crippen molar-refractivity contribution < 1.29 is 19.2 Å². The quantitative estimate of drug-likeness (QED) is 0.478. The number of esters is 1. The third kappa shape index (κ3) is 5.87. The number of aliphatic hydroxyl groups excluding tert-OH is 1. The third-order valence-corrected chi connectivity index (χ3v) is 5.39. The van der Waals surface area contributed by atoms with Crippen LogP contribution in [0.3, 0.4) is 0 Å². The molecule has 0 radical (unpaired) electrons. The van der Waals surface area contributed by atoms with Gasteiger partial charge in [0.15, 0.2) is 5.69 Å². The Morgan fingerprint density at radius 3 is 2.61 bits per heavy atom. The number of aliphatic hydroxyl groups is 1. The topological polar surface area (TPSA) is 94.8 Å². The normalized spacial score (nSPS) is 15.6. The molecule has 1 aromatic heterocycles. The number of methoxy groups -OCH3 is 1. The molecule has 0 saturated carbocycles. The number of hydrogen-bond donors (Lipinski definition) is 1. The molecule has 0 amide bonds. The first-order chi connectivity index (χ1) is 10.6. The molecule has 0 saturated heterocycles. The van der Waals surface area contributed by atoms with Crippen LogP contribution < -0.4 is 0 Å². The molecule has 0 fully saturated rings. The number of rotatable bonds is 6. The summed E-state index contributed by atoms with van der Waals surface area (Å²) in [6.07, 6.45) is -0.662. The summed E-state index contributed by atoms with van der Waals surface area (Å²) in [6.45, 7) is 9.43. The van der Waals surface area contributed by atoms with E-state index < -0.39 is 28.2 Å². The Hall–Kier alpha value is -0.960. The Kier molecular flexibility index (Phi) is 7.19. The van der Waals surface area contributed by atoms with Crippen molar-refractivity contribution in [1.29, 1.82) is 0 Å². The van der Waals surface area contributed by atoms with Crippen LogP contribution >= 0.6 is 11.3 Å². The van der Waals surface area contributed by atoms with Crippen LogP contribution in [0.2, 0.25) is 0 Å². The molecule has 2 atom stereocenters. The van der Waals surface area contributed by atoms with Gasteiger partial charge in [-0.25, -0.2) is 9.78 Å². The lowest BCUT2D eigenvalue weighted by molar-refractivity contribution is 0.0594. The Labute approximate surface area is 144 Å². The Bertz CT molecular complexity index is 564. The van der Waals surface area contributed by atoms with Gasteiger partial charge in [0.1, 0.15) is 27.2 Å². The van der Waals surface area contributed by atoms with E-state index in [-0.39, 0.29) is 18.0 Å². The number of nitrogens with zero attached hydrogens (tertiary/aromatic N) is 2. The van der Waals surface area contributed by atoms with Crippen LogP contribution in [-0.2, 0) is 16.1 Å². The minimum Gasteiger partial charge on any atom is -0.591 e. The van der Waals surface area contributed by atoms with Gasteiger partial charge in [-0.05, 0) is 26.7 Å². The second-order valence-corrected chi connectivity index (χ2v) is 9.18. The van der Waals surface area contributed by atoms with Crippen molar-refractivity contribution in [2.75, 3.05) is 7.11 Å². The Morgan fingerprint density at radius 1 is 1.52 bits per heavy atom. The first-order valence-corrected chi connectivity index (χ1v) is 9.26. The fourth-order valence-electron chi connectivity index (χ4n) is 1.55. The molecule has 130 valence electrons. The average molecular weight is 361 g/mol. The Balaban J connectivity index is 2.90. The van der Waals surface area contributed by atoms with E-state index in [9.17, 15) is 14.5 Å². The highest BCUT2D eigenvalue weighted by Crippen LogP contribution is 2.25. The minimum atomic E-state index is -1.38. The van der Waals surface area contributed by atoms with Crippen LogP contribution in [0.4, 0.5) is 0 Å². The van der Waals surface area contributed by atoms with Gasteiger partial charge in [0.25, 0.3) is 0 Å². The van der Waals surface area contributed by atoms with Crippen LogP contribution in [0.15, 0.2) is 9.78 Å². The van der Waals surface area contributed by atoms with Gasteiger partial charge < -0.3 is 14.4 Å². The lowest BCUT2D eigenvalue weighted by Gasteiger charge is -2.21. The van der Waals surface area contributed by atoms with Crippen molar-refractivity contribution in [2.24, 2.45) is 10.3 Å². The van der Waals surface area contributed by atoms with Gasteiger partial charge in [-0.3, -0.25) is 0 Å². The van der Waals surface area contributed by atoms with Gasteiger partial charge in [-0.2, -0.15) is 0 Å². The smallest absolute Gasteiger partial charge is 0.357 e. The van der Waals surface area contributed by atoms with Gasteiger partial charge in [0.05, 0.1) is 12.8 Å². The molecule has 1 aromatic rings. The summed E-state index contributed by atoms with van der Waals surface area (Å²) in [4.78, 5) is 15.5. The molecule has 0 bridgehead atoms. The summed E-state index contributed by atoms with van der Waals surface area (Å²) in [5.74, 6) is -0.484. The number of thiazole rings is 1. The molecule has 0 aromatic carbocycles. The molecule has 1 heterocycles. The van der Waals surface area contributed by atoms with Crippen molar-refractivity contribution in [3.63, 3.8) is 0 Å². The summed E-state index contributed by atoms with van der Waals surface area (Å²) in [7, 11) is 1.28. The van der Waals surface area contributed by atoms with E-state index in [1.165, 1.54) is 18.4 Å². The van der Waals surface area contributed by atoms with Gasteiger partial charge >= 0.3 is 5.97 Å². The molecule has 0 aliphatic rings. The molecule has 23 heavy (non-hydrogen) atoms. The monoisotopic (exact) mass is 360 g/mol. The lowest BCUT2D eigenvalue weighted by Crippen LogP contribution is -2.28. The first kappa shape index (κ1) is 20.1. The zero-order chi connectivity index (χ0) is 17.8. The van der Waals surface area contributed by atoms with Gasteiger partial charge in [-0.1, -0.05) is 18.2 Å². The van der Waals surface area contributed by atoms with E-state index in [1.807, 2.05) is 34.6 Å². The SMILES string of the molecule is COC(=O)c1csc([C@H](O)C/C(=N\[S@@+]([O-])C(C)(C)C)C(C)C)n1. The molecular formula is C15H24N2O4S2. The van der Waals surface area contributed by atoms with Crippen LogP contribution in [0.25, 0.3) is 0 Å². The van der Waals surface area contributed by atoms with Crippen molar-refractivity contribution >= 4 is 34.4 Å². The number of carbonyl (C=O) groups excluding carboxylic acids is 1. The molecule has 0 aliphatic carbocycles. The average Bonchev–Trinajstić information content (AvgIpc) is 2.94. The zero-order valence-corrected chi connectivity index (χ0v) is 16.0. The predicted octanol–water partition coefficient (Wildman–Crippen LogP) is 2.91. The lowest BCUT2D eigenvalue weighted by atomic mass is 10.0. The van der Waals surface area contributed by atoms with E-state index in [0.29, 0.717) is 10.7 Å². The fraction of sp³-hybridized carbons (Fsp3) is 0.667. The summed E-state index contributed by atoms with van der Waals surface area (Å²) >= 11 is -0.192. The number of aromatic nitrogens is 1. The van der Waals surface area contributed by atoms with E-state index in [4.69, 9.17) is 0 Å². The molecule has 1 rings (SSSR count). The van der Waals surface area contributed by atoms with Crippen LogP contribution in [0.5, 0.6) is 0 Å². The van der Waals surface area contributed by atoms with E-state index in [0.717, 1.165) is 0 Å². The number of ether oxygens (including phenoxy) is 1. The largest absolute Gasteiger partial charge is 0.591 e. The molecule has 1 N–H and O–H groups in total. The molecule has 6 nitrogen and oxygen atoms in total. The second kappa shape index (κ2) is 8.23. The molecule has 0 unspecified atom stereocenters. The molecule has 0 spiro atoms. The molecular weight excluding hydrogens is 336 g/mol. The summed E-state index contributed by atoms with van der Waals surface area (Å²) < 4.78 is 20.6. The van der Waals surface area contributed by atoms with Crippen molar-refractivity contribution in [3.05, 3.63) is 16.1 Å². The van der Waals surface area contributed by atoms with Crippen LogP contribution in [0, 0.1) is 5.92 Å². The maximum absolute atomic E-state index is 12.2.